The van der Waals surface area contributed by atoms with Gasteiger partial charge in [-0.15, -0.1) is 0 Å². The number of nitrogens with zero attached hydrogens (tertiary/aromatic N) is 3. The molecule has 0 aliphatic carbocycles. The standard InChI is InChI=1S/C16H15N5O/c1-10-8-13-14(15-18-6-7-21(10)15)12(9-19-13)16(22)20-11-2-4-17-5-3-11/h2-7,9-10,19H,8H2,1H3,(H,17,20,22)/t10-/m1/s1. The number of amides is 1. The minimum atomic E-state index is -0.146. The van der Waals surface area contributed by atoms with Crippen molar-refractivity contribution in [2.75, 3.05) is 5.32 Å². The average Bonchev–Trinajstić information content (AvgIpc) is 3.14. The zero-order valence-corrected chi connectivity index (χ0v) is 12.1. The van der Waals surface area contributed by atoms with Crippen molar-refractivity contribution in [2.24, 2.45) is 0 Å². The van der Waals surface area contributed by atoms with Crippen LogP contribution in [-0.2, 0) is 6.42 Å². The molecule has 3 aromatic heterocycles. The van der Waals surface area contributed by atoms with E-state index >= 15 is 0 Å². The van der Waals surface area contributed by atoms with Crippen molar-refractivity contribution in [1.29, 1.82) is 0 Å². The summed E-state index contributed by atoms with van der Waals surface area (Å²) >= 11 is 0. The van der Waals surface area contributed by atoms with E-state index in [1.807, 2.05) is 6.20 Å². The lowest BCUT2D eigenvalue weighted by molar-refractivity contribution is 0.102. The molecule has 6 nitrogen and oxygen atoms in total. The number of anilines is 1. The van der Waals surface area contributed by atoms with Crippen molar-refractivity contribution in [2.45, 2.75) is 19.4 Å². The number of rotatable bonds is 2. The van der Waals surface area contributed by atoms with Crippen molar-refractivity contribution in [3.8, 4) is 11.4 Å². The fourth-order valence-electron chi connectivity index (χ4n) is 2.95. The molecule has 0 fully saturated rings. The Morgan fingerprint density at radius 3 is 3.00 bits per heavy atom. The minimum absolute atomic E-state index is 0.146. The van der Waals surface area contributed by atoms with Crippen LogP contribution in [0.25, 0.3) is 11.4 Å². The van der Waals surface area contributed by atoms with Crippen LogP contribution >= 0.6 is 0 Å². The van der Waals surface area contributed by atoms with Crippen LogP contribution in [0.4, 0.5) is 5.69 Å². The van der Waals surface area contributed by atoms with Gasteiger partial charge < -0.3 is 14.9 Å². The van der Waals surface area contributed by atoms with E-state index in [0.717, 1.165) is 29.2 Å². The molecule has 0 spiro atoms. The van der Waals surface area contributed by atoms with Crippen molar-refractivity contribution < 1.29 is 4.79 Å². The Kier molecular flexibility index (Phi) is 2.82. The van der Waals surface area contributed by atoms with E-state index in [1.54, 1.807) is 36.9 Å². The monoisotopic (exact) mass is 293 g/mol. The average molecular weight is 293 g/mol. The van der Waals surface area contributed by atoms with Gasteiger partial charge in [0.25, 0.3) is 5.91 Å². The minimum Gasteiger partial charge on any atom is -0.364 e. The number of aromatic amines is 1. The predicted octanol–water partition coefficient (Wildman–Crippen LogP) is 2.64. The Morgan fingerprint density at radius 2 is 2.18 bits per heavy atom. The highest BCUT2D eigenvalue weighted by Gasteiger charge is 2.28. The third kappa shape index (κ3) is 1.92. The van der Waals surface area contributed by atoms with Gasteiger partial charge in [-0.1, -0.05) is 0 Å². The highest BCUT2D eigenvalue weighted by atomic mass is 16.1. The summed E-state index contributed by atoms with van der Waals surface area (Å²) in [5, 5.41) is 2.89. The first-order valence-corrected chi connectivity index (χ1v) is 7.19. The van der Waals surface area contributed by atoms with Gasteiger partial charge in [-0.3, -0.25) is 9.78 Å². The lowest BCUT2D eigenvalue weighted by Gasteiger charge is -2.22. The Balaban J connectivity index is 1.73. The van der Waals surface area contributed by atoms with Crippen LogP contribution in [0.3, 0.4) is 0 Å². The predicted molar refractivity (Wildman–Crippen MR) is 82.6 cm³/mol. The van der Waals surface area contributed by atoms with E-state index in [4.69, 9.17) is 0 Å². The number of pyridine rings is 1. The van der Waals surface area contributed by atoms with Crippen LogP contribution in [0.5, 0.6) is 0 Å². The summed E-state index contributed by atoms with van der Waals surface area (Å²) in [5.41, 5.74) is 3.30. The molecule has 2 N–H and O–H groups in total. The summed E-state index contributed by atoms with van der Waals surface area (Å²) in [6, 6.07) is 3.86. The molecule has 1 aliphatic rings. The molecule has 0 bridgehead atoms. The third-order valence-corrected chi connectivity index (χ3v) is 4.01. The van der Waals surface area contributed by atoms with Gasteiger partial charge in [0, 0.05) is 54.8 Å². The maximum absolute atomic E-state index is 12.6. The zero-order chi connectivity index (χ0) is 15.1. The van der Waals surface area contributed by atoms with Crippen molar-refractivity contribution >= 4 is 11.6 Å². The molecule has 1 atom stereocenters. The lowest BCUT2D eigenvalue weighted by atomic mass is 10.0. The number of hydrogen-bond acceptors (Lipinski definition) is 3. The second-order valence-corrected chi connectivity index (χ2v) is 5.46. The van der Waals surface area contributed by atoms with Gasteiger partial charge in [0.2, 0.25) is 0 Å². The fraction of sp³-hybridized carbons (Fsp3) is 0.188. The fourth-order valence-corrected chi connectivity index (χ4v) is 2.95. The number of hydrogen-bond donors (Lipinski definition) is 2. The van der Waals surface area contributed by atoms with Gasteiger partial charge in [-0.05, 0) is 19.1 Å². The highest BCUT2D eigenvalue weighted by Crippen LogP contribution is 2.35. The topological polar surface area (TPSA) is 75.6 Å². The summed E-state index contributed by atoms with van der Waals surface area (Å²) in [6.45, 7) is 2.14. The molecular weight excluding hydrogens is 278 g/mol. The van der Waals surface area contributed by atoms with Gasteiger partial charge in [0.1, 0.15) is 5.82 Å². The molecule has 0 saturated heterocycles. The number of H-pyrrole nitrogens is 1. The van der Waals surface area contributed by atoms with E-state index in [1.165, 1.54) is 0 Å². The van der Waals surface area contributed by atoms with Crippen molar-refractivity contribution in [3.05, 3.63) is 54.4 Å². The first-order chi connectivity index (χ1) is 10.7. The van der Waals surface area contributed by atoms with Crippen LogP contribution < -0.4 is 5.32 Å². The molecule has 0 saturated carbocycles. The summed E-state index contributed by atoms with van der Waals surface area (Å²) in [7, 11) is 0. The lowest BCUT2D eigenvalue weighted by Crippen LogP contribution is -2.18. The molecule has 3 aromatic rings. The normalized spacial score (nSPS) is 16.0. The molecule has 4 rings (SSSR count). The first kappa shape index (κ1) is 12.8. The largest absolute Gasteiger partial charge is 0.364 e. The molecule has 0 unspecified atom stereocenters. The third-order valence-electron chi connectivity index (χ3n) is 4.01. The SMILES string of the molecule is C[C@@H]1Cc2[nH]cc(C(=O)Nc3ccncc3)c2-c2nccn21. The van der Waals surface area contributed by atoms with E-state index in [9.17, 15) is 4.79 Å². The second-order valence-electron chi connectivity index (χ2n) is 5.46. The van der Waals surface area contributed by atoms with Crippen LogP contribution in [0, 0.1) is 0 Å². The molecule has 0 radical (unpaired) electrons. The summed E-state index contributed by atoms with van der Waals surface area (Å²) in [4.78, 5) is 24.2. The zero-order valence-electron chi connectivity index (χ0n) is 12.1. The van der Waals surface area contributed by atoms with Gasteiger partial charge in [0.05, 0.1) is 11.1 Å². The number of carbonyl (C=O) groups is 1. The molecule has 110 valence electrons. The molecule has 0 aromatic carbocycles. The molecule has 22 heavy (non-hydrogen) atoms. The van der Waals surface area contributed by atoms with Gasteiger partial charge >= 0.3 is 0 Å². The van der Waals surface area contributed by atoms with E-state index < -0.39 is 0 Å². The Bertz CT molecular complexity index is 833. The Hall–Kier alpha value is -2.89. The number of aromatic nitrogens is 4. The number of carbonyl (C=O) groups excluding carboxylic acids is 1. The maximum Gasteiger partial charge on any atom is 0.257 e. The van der Waals surface area contributed by atoms with Gasteiger partial charge in [0.15, 0.2) is 0 Å². The number of imidazole rings is 1. The molecule has 1 aliphatic heterocycles. The number of fused-ring (bicyclic) bond motifs is 3. The number of nitrogens with one attached hydrogen (secondary N) is 2. The van der Waals surface area contributed by atoms with E-state index in [2.05, 4.69) is 31.8 Å². The van der Waals surface area contributed by atoms with Crippen LogP contribution in [0.15, 0.2) is 43.1 Å². The molecule has 6 heteroatoms. The smallest absolute Gasteiger partial charge is 0.257 e. The highest BCUT2D eigenvalue weighted by molar-refractivity contribution is 6.08. The summed E-state index contributed by atoms with van der Waals surface area (Å²) in [6.07, 6.45) is 9.66. The molecular formula is C16H15N5O. The van der Waals surface area contributed by atoms with Crippen molar-refractivity contribution in [1.82, 2.24) is 19.5 Å². The van der Waals surface area contributed by atoms with E-state index in [0.29, 0.717) is 11.6 Å². The summed E-state index contributed by atoms with van der Waals surface area (Å²) in [5.74, 6) is 0.697. The molecule has 4 heterocycles. The quantitative estimate of drug-likeness (QED) is 0.762. The van der Waals surface area contributed by atoms with Crippen molar-refractivity contribution in [3.63, 3.8) is 0 Å². The van der Waals surface area contributed by atoms with Crippen LogP contribution in [0.2, 0.25) is 0 Å². The van der Waals surface area contributed by atoms with Crippen LogP contribution in [0.1, 0.15) is 29.0 Å². The maximum atomic E-state index is 12.6. The Labute approximate surface area is 127 Å². The van der Waals surface area contributed by atoms with E-state index in [-0.39, 0.29) is 5.91 Å². The first-order valence-electron chi connectivity index (χ1n) is 7.19. The summed E-state index contributed by atoms with van der Waals surface area (Å²) < 4.78 is 2.11. The van der Waals surface area contributed by atoms with Gasteiger partial charge in [-0.2, -0.15) is 0 Å². The van der Waals surface area contributed by atoms with Gasteiger partial charge in [-0.25, -0.2) is 4.98 Å². The molecule has 1 amide bonds. The Morgan fingerprint density at radius 1 is 1.36 bits per heavy atom. The second kappa shape index (κ2) is 4.84. The van der Waals surface area contributed by atoms with Crippen LogP contribution in [-0.4, -0.2) is 25.4 Å².